The predicted molar refractivity (Wildman–Crippen MR) is 79.7 cm³/mol. The molecule has 1 aliphatic rings. The van der Waals surface area contributed by atoms with Gasteiger partial charge in [0.15, 0.2) is 5.78 Å². The van der Waals surface area contributed by atoms with E-state index in [1.54, 1.807) is 12.1 Å². The lowest BCUT2D eigenvalue weighted by Crippen LogP contribution is -2.05. The lowest BCUT2D eigenvalue weighted by atomic mass is 9.98. The number of hydrogen-bond donors (Lipinski definition) is 1. The van der Waals surface area contributed by atoms with E-state index in [1.165, 1.54) is 0 Å². The smallest absolute Gasteiger partial charge is 0.196 e. The fourth-order valence-electron chi connectivity index (χ4n) is 2.54. The number of fused-ring (bicyclic) bond motifs is 1. The summed E-state index contributed by atoms with van der Waals surface area (Å²) in [5, 5.41) is 0.554. The Morgan fingerprint density at radius 1 is 1.25 bits per heavy atom. The standard InChI is InChI=1S/C16H14ClNO2/c1-9-4-11(7-13(18)5-9)15(19)14-8-12(17)6-10-2-3-20-16(10)14/h4-8H,2-3,18H2,1H3. The third kappa shape index (κ3) is 2.25. The molecule has 0 spiro atoms. The SMILES string of the molecule is Cc1cc(N)cc(C(=O)c2cc(Cl)cc3c2OCC3)c1. The number of nitrogens with two attached hydrogens (primary N) is 1. The highest BCUT2D eigenvalue weighted by Crippen LogP contribution is 2.34. The average molecular weight is 288 g/mol. The molecule has 0 bridgehead atoms. The van der Waals surface area contributed by atoms with Crippen LogP contribution in [-0.4, -0.2) is 12.4 Å². The van der Waals surface area contributed by atoms with Crippen molar-refractivity contribution in [3.05, 3.63) is 57.6 Å². The van der Waals surface area contributed by atoms with Crippen LogP contribution in [0.2, 0.25) is 5.02 Å². The van der Waals surface area contributed by atoms with Gasteiger partial charge in [0.25, 0.3) is 0 Å². The second kappa shape index (κ2) is 4.84. The summed E-state index contributed by atoms with van der Waals surface area (Å²) in [4.78, 5) is 12.7. The Hall–Kier alpha value is -2.00. The summed E-state index contributed by atoms with van der Waals surface area (Å²) >= 11 is 6.09. The Morgan fingerprint density at radius 2 is 2.05 bits per heavy atom. The molecule has 1 aliphatic heterocycles. The van der Waals surface area contributed by atoms with Crippen molar-refractivity contribution in [1.29, 1.82) is 0 Å². The maximum Gasteiger partial charge on any atom is 0.196 e. The number of aryl methyl sites for hydroxylation is 1. The van der Waals surface area contributed by atoms with Gasteiger partial charge >= 0.3 is 0 Å². The molecular formula is C16H14ClNO2. The van der Waals surface area contributed by atoms with Crippen LogP contribution in [-0.2, 0) is 6.42 Å². The monoisotopic (exact) mass is 287 g/mol. The molecule has 0 saturated carbocycles. The molecule has 1 heterocycles. The van der Waals surface area contributed by atoms with Gasteiger partial charge in [0.1, 0.15) is 5.75 Å². The van der Waals surface area contributed by atoms with Gasteiger partial charge in [0.05, 0.1) is 12.2 Å². The maximum atomic E-state index is 12.7. The summed E-state index contributed by atoms with van der Waals surface area (Å²) in [5.74, 6) is 0.542. The van der Waals surface area contributed by atoms with Crippen molar-refractivity contribution in [1.82, 2.24) is 0 Å². The summed E-state index contributed by atoms with van der Waals surface area (Å²) in [7, 11) is 0. The molecule has 0 radical (unpaired) electrons. The fraction of sp³-hybridized carbons (Fsp3) is 0.188. The molecule has 102 valence electrons. The number of carbonyl (C=O) groups excluding carboxylic acids is 1. The molecule has 0 unspecified atom stereocenters. The van der Waals surface area contributed by atoms with Crippen LogP contribution in [0.15, 0.2) is 30.3 Å². The molecule has 0 atom stereocenters. The summed E-state index contributed by atoms with van der Waals surface area (Å²) in [6.45, 7) is 2.50. The largest absolute Gasteiger partial charge is 0.492 e. The minimum absolute atomic E-state index is 0.110. The highest BCUT2D eigenvalue weighted by atomic mass is 35.5. The Morgan fingerprint density at radius 3 is 2.80 bits per heavy atom. The summed E-state index contributed by atoms with van der Waals surface area (Å²) in [5.41, 5.74) is 9.39. The number of ketones is 1. The number of anilines is 1. The average Bonchev–Trinajstić information content (AvgIpc) is 2.83. The lowest BCUT2D eigenvalue weighted by Gasteiger charge is -2.09. The third-order valence-electron chi connectivity index (χ3n) is 3.35. The molecule has 0 fully saturated rings. The zero-order valence-corrected chi connectivity index (χ0v) is 11.8. The van der Waals surface area contributed by atoms with Crippen molar-refractivity contribution in [2.24, 2.45) is 0 Å². The first kappa shape index (κ1) is 13.0. The van der Waals surface area contributed by atoms with E-state index in [2.05, 4.69) is 0 Å². The van der Waals surface area contributed by atoms with Gasteiger partial charge in [-0.25, -0.2) is 0 Å². The van der Waals surface area contributed by atoms with Crippen LogP contribution in [0.1, 0.15) is 27.0 Å². The van der Waals surface area contributed by atoms with Gasteiger partial charge in [-0.1, -0.05) is 11.6 Å². The fourth-order valence-corrected chi connectivity index (χ4v) is 2.78. The van der Waals surface area contributed by atoms with Gasteiger partial charge in [-0.15, -0.1) is 0 Å². The minimum atomic E-state index is -0.110. The van der Waals surface area contributed by atoms with Gasteiger partial charge in [-0.3, -0.25) is 4.79 Å². The number of nitrogen functional groups attached to an aromatic ring is 1. The number of halogens is 1. The molecule has 4 heteroatoms. The Bertz CT molecular complexity index is 690. The van der Waals surface area contributed by atoms with Gasteiger partial charge < -0.3 is 10.5 Å². The summed E-state index contributed by atoms with van der Waals surface area (Å²) in [6.07, 6.45) is 0.784. The highest BCUT2D eigenvalue weighted by Gasteiger charge is 2.23. The topological polar surface area (TPSA) is 52.3 Å². The lowest BCUT2D eigenvalue weighted by molar-refractivity contribution is 0.103. The van der Waals surface area contributed by atoms with Crippen molar-refractivity contribution in [3.63, 3.8) is 0 Å². The minimum Gasteiger partial charge on any atom is -0.492 e. The molecule has 2 aromatic carbocycles. The predicted octanol–water partition coefficient (Wildman–Crippen LogP) is 3.40. The Balaban J connectivity index is 2.11. The third-order valence-corrected chi connectivity index (χ3v) is 3.57. The first-order chi connectivity index (χ1) is 9.54. The highest BCUT2D eigenvalue weighted by molar-refractivity contribution is 6.31. The molecule has 20 heavy (non-hydrogen) atoms. The molecule has 0 amide bonds. The van der Waals surface area contributed by atoms with E-state index in [0.717, 1.165) is 17.5 Å². The quantitative estimate of drug-likeness (QED) is 0.680. The van der Waals surface area contributed by atoms with Gasteiger partial charge in [-0.05, 0) is 48.4 Å². The summed E-state index contributed by atoms with van der Waals surface area (Å²) < 4.78 is 5.58. The van der Waals surface area contributed by atoms with Crippen LogP contribution in [0.3, 0.4) is 0 Å². The molecule has 0 aliphatic carbocycles. The van der Waals surface area contributed by atoms with Gasteiger partial charge in [0.2, 0.25) is 0 Å². The first-order valence-electron chi connectivity index (χ1n) is 6.41. The second-order valence-corrected chi connectivity index (χ2v) is 5.44. The summed E-state index contributed by atoms with van der Waals surface area (Å²) in [6, 6.07) is 8.84. The van der Waals surface area contributed by atoms with Crippen LogP contribution >= 0.6 is 11.6 Å². The van der Waals surface area contributed by atoms with E-state index in [1.807, 2.05) is 25.1 Å². The van der Waals surface area contributed by atoms with Crippen molar-refractivity contribution in [3.8, 4) is 5.75 Å². The Kier molecular flexibility index (Phi) is 3.14. The second-order valence-electron chi connectivity index (χ2n) is 5.00. The number of ether oxygens (including phenoxy) is 1. The number of rotatable bonds is 2. The van der Waals surface area contributed by atoms with E-state index >= 15 is 0 Å². The van der Waals surface area contributed by atoms with E-state index < -0.39 is 0 Å². The van der Waals surface area contributed by atoms with Crippen molar-refractivity contribution in [2.75, 3.05) is 12.3 Å². The van der Waals surface area contributed by atoms with E-state index in [-0.39, 0.29) is 5.78 Å². The molecule has 2 aromatic rings. The van der Waals surface area contributed by atoms with Crippen LogP contribution in [0.25, 0.3) is 0 Å². The normalized spacial score (nSPS) is 12.9. The van der Waals surface area contributed by atoms with E-state index in [4.69, 9.17) is 22.1 Å². The first-order valence-corrected chi connectivity index (χ1v) is 6.79. The van der Waals surface area contributed by atoms with Crippen molar-refractivity contribution >= 4 is 23.1 Å². The number of carbonyl (C=O) groups is 1. The number of benzene rings is 2. The molecule has 0 aromatic heterocycles. The molecule has 2 N–H and O–H groups in total. The molecule has 3 rings (SSSR count). The van der Waals surface area contributed by atoms with Crippen LogP contribution in [0, 0.1) is 6.92 Å². The van der Waals surface area contributed by atoms with Gasteiger partial charge in [0, 0.05) is 22.7 Å². The zero-order valence-electron chi connectivity index (χ0n) is 11.1. The molecule has 0 saturated heterocycles. The molecular weight excluding hydrogens is 274 g/mol. The van der Waals surface area contributed by atoms with Crippen molar-refractivity contribution in [2.45, 2.75) is 13.3 Å². The Labute approximate surface area is 122 Å². The van der Waals surface area contributed by atoms with Crippen molar-refractivity contribution < 1.29 is 9.53 Å². The van der Waals surface area contributed by atoms with E-state index in [9.17, 15) is 4.79 Å². The van der Waals surface area contributed by atoms with Crippen LogP contribution < -0.4 is 10.5 Å². The van der Waals surface area contributed by atoms with E-state index in [0.29, 0.717) is 34.2 Å². The zero-order chi connectivity index (χ0) is 14.3. The van der Waals surface area contributed by atoms with Crippen LogP contribution in [0.4, 0.5) is 5.69 Å². The van der Waals surface area contributed by atoms with Crippen LogP contribution in [0.5, 0.6) is 5.75 Å². The van der Waals surface area contributed by atoms with Gasteiger partial charge in [-0.2, -0.15) is 0 Å². The number of hydrogen-bond acceptors (Lipinski definition) is 3. The maximum absolute atomic E-state index is 12.7. The molecule has 3 nitrogen and oxygen atoms in total.